The number of benzene rings is 6. The van der Waals surface area contributed by atoms with Crippen LogP contribution in [0.15, 0.2) is 170 Å². The number of rotatable bonds is 6. The van der Waals surface area contributed by atoms with E-state index in [0.717, 1.165) is 66.5 Å². The molecule has 6 aromatic carbocycles. The van der Waals surface area contributed by atoms with Gasteiger partial charge in [-0.3, -0.25) is 4.98 Å². The van der Waals surface area contributed by atoms with Crippen molar-refractivity contribution in [2.45, 2.75) is 26.2 Å². The van der Waals surface area contributed by atoms with Crippen LogP contribution in [0.2, 0.25) is 0 Å². The molecule has 9 rings (SSSR count). The maximum absolute atomic E-state index is 5.09. The summed E-state index contributed by atoms with van der Waals surface area (Å²) in [5.74, 6) is 1.89. The molecule has 3 heterocycles. The summed E-state index contributed by atoms with van der Waals surface area (Å²) in [5.41, 5.74) is 11.4. The highest BCUT2D eigenvalue weighted by Crippen LogP contribution is 2.37. The molecule has 0 spiro atoms. The SMILES string of the molecule is CC(C)(C)c1ccc(-c2cc(-c3ccc(-c4nc5cnccc5c5ccccc45)cc3)cc(-c3nc(-c4ccccc4)nc(-c4ccccc4)n3)c2)cc1. The lowest BCUT2D eigenvalue weighted by atomic mass is 9.86. The van der Waals surface area contributed by atoms with Gasteiger partial charge in [0.25, 0.3) is 0 Å². The summed E-state index contributed by atoms with van der Waals surface area (Å²) in [5, 5.41) is 3.39. The molecule has 0 unspecified atom stereocenters. The Labute approximate surface area is 315 Å². The minimum atomic E-state index is 0.0571. The molecule has 0 saturated heterocycles. The Morgan fingerprint density at radius 3 is 1.43 bits per heavy atom. The van der Waals surface area contributed by atoms with Gasteiger partial charge < -0.3 is 0 Å². The Hall–Kier alpha value is -6.85. The predicted octanol–water partition coefficient (Wildman–Crippen LogP) is 12.3. The van der Waals surface area contributed by atoms with Crippen LogP contribution in [0.3, 0.4) is 0 Å². The van der Waals surface area contributed by atoms with Crippen molar-refractivity contribution in [3.8, 4) is 67.7 Å². The van der Waals surface area contributed by atoms with Gasteiger partial charge in [-0.05, 0) is 62.9 Å². The second kappa shape index (κ2) is 13.6. The van der Waals surface area contributed by atoms with Crippen LogP contribution in [0.25, 0.3) is 89.4 Å². The summed E-state index contributed by atoms with van der Waals surface area (Å²) in [7, 11) is 0. The Balaban J connectivity index is 1.20. The Bertz CT molecular complexity index is 2710. The summed E-state index contributed by atoms with van der Waals surface area (Å²) in [6, 6.07) is 55.0. The van der Waals surface area contributed by atoms with E-state index in [4.69, 9.17) is 19.9 Å². The Morgan fingerprint density at radius 1 is 0.370 bits per heavy atom. The van der Waals surface area contributed by atoms with Gasteiger partial charge in [0.1, 0.15) is 0 Å². The van der Waals surface area contributed by atoms with E-state index >= 15 is 0 Å². The molecule has 5 heteroatoms. The fourth-order valence-electron chi connectivity index (χ4n) is 7.04. The lowest BCUT2D eigenvalue weighted by Gasteiger charge is -2.19. The molecular formula is C49H37N5. The van der Waals surface area contributed by atoms with Crippen LogP contribution in [0.5, 0.6) is 0 Å². The summed E-state index contributed by atoms with van der Waals surface area (Å²) in [6.45, 7) is 6.73. The number of pyridine rings is 2. The smallest absolute Gasteiger partial charge is 0.164 e. The van der Waals surface area contributed by atoms with Crippen molar-refractivity contribution in [3.63, 3.8) is 0 Å². The van der Waals surface area contributed by atoms with Gasteiger partial charge in [-0.1, -0.05) is 154 Å². The maximum atomic E-state index is 5.09. The molecule has 0 bridgehead atoms. The average Bonchev–Trinajstić information content (AvgIpc) is 3.23. The quantitative estimate of drug-likeness (QED) is 0.162. The highest BCUT2D eigenvalue weighted by Gasteiger charge is 2.17. The summed E-state index contributed by atoms with van der Waals surface area (Å²) in [6.07, 6.45) is 3.67. The fraction of sp³-hybridized carbons (Fsp3) is 0.0816. The molecule has 54 heavy (non-hydrogen) atoms. The van der Waals surface area contributed by atoms with Crippen LogP contribution in [-0.4, -0.2) is 24.9 Å². The topological polar surface area (TPSA) is 64.5 Å². The number of nitrogens with zero attached hydrogens (tertiary/aromatic N) is 5. The maximum Gasteiger partial charge on any atom is 0.164 e. The Kier molecular flexibility index (Phi) is 8.32. The molecule has 5 nitrogen and oxygen atoms in total. The van der Waals surface area contributed by atoms with Crippen LogP contribution < -0.4 is 0 Å². The number of aromatic nitrogens is 5. The zero-order valence-corrected chi connectivity index (χ0v) is 30.4. The van der Waals surface area contributed by atoms with Crippen molar-refractivity contribution in [3.05, 3.63) is 176 Å². The molecule has 0 aliphatic carbocycles. The molecule has 0 radical (unpaired) electrons. The lowest BCUT2D eigenvalue weighted by molar-refractivity contribution is 0.590. The van der Waals surface area contributed by atoms with E-state index in [0.29, 0.717) is 17.5 Å². The van der Waals surface area contributed by atoms with Crippen molar-refractivity contribution >= 4 is 21.7 Å². The van der Waals surface area contributed by atoms with E-state index in [1.54, 1.807) is 0 Å². The molecule has 0 atom stereocenters. The van der Waals surface area contributed by atoms with Gasteiger partial charge in [-0.2, -0.15) is 0 Å². The number of fused-ring (bicyclic) bond motifs is 3. The van der Waals surface area contributed by atoms with E-state index in [1.807, 2.05) is 79.1 Å². The molecule has 0 amide bonds. The van der Waals surface area contributed by atoms with E-state index in [1.165, 1.54) is 10.9 Å². The van der Waals surface area contributed by atoms with E-state index < -0.39 is 0 Å². The minimum Gasteiger partial charge on any atom is -0.262 e. The third kappa shape index (κ3) is 6.41. The highest BCUT2D eigenvalue weighted by atomic mass is 15.0. The predicted molar refractivity (Wildman–Crippen MR) is 222 cm³/mol. The van der Waals surface area contributed by atoms with Crippen molar-refractivity contribution in [2.75, 3.05) is 0 Å². The van der Waals surface area contributed by atoms with Crippen LogP contribution in [-0.2, 0) is 5.41 Å². The third-order valence-corrected chi connectivity index (χ3v) is 9.97. The molecule has 0 saturated carbocycles. The standard InChI is InChI=1S/C49H37N5/c1-49(2,3)40-24-22-33(23-25-40)38-28-37(32-18-20-34(21-19-32)45-43-17-11-10-16-41(43)42-26-27-50-31-44(42)51-45)29-39(30-38)48-53-46(35-12-6-4-7-13-35)52-47(54-48)36-14-8-5-9-15-36/h4-31H,1-3H3. The largest absolute Gasteiger partial charge is 0.262 e. The van der Waals surface area contributed by atoms with Gasteiger partial charge in [-0.25, -0.2) is 19.9 Å². The Morgan fingerprint density at radius 2 is 0.852 bits per heavy atom. The fourth-order valence-corrected chi connectivity index (χ4v) is 7.04. The van der Waals surface area contributed by atoms with Crippen molar-refractivity contribution in [2.24, 2.45) is 0 Å². The minimum absolute atomic E-state index is 0.0571. The molecule has 0 aliphatic rings. The summed E-state index contributed by atoms with van der Waals surface area (Å²) < 4.78 is 0. The summed E-state index contributed by atoms with van der Waals surface area (Å²) in [4.78, 5) is 24.6. The zero-order valence-electron chi connectivity index (χ0n) is 30.4. The van der Waals surface area contributed by atoms with Crippen LogP contribution in [0, 0.1) is 0 Å². The summed E-state index contributed by atoms with van der Waals surface area (Å²) >= 11 is 0. The van der Waals surface area contributed by atoms with Gasteiger partial charge >= 0.3 is 0 Å². The number of hydrogen-bond acceptors (Lipinski definition) is 5. The van der Waals surface area contributed by atoms with Crippen molar-refractivity contribution < 1.29 is 0 Å². The third-order valence-electron chi connectivity index (χ3n) is 9.97. The number of hydrogen-bond donors (Lipinski definition) is 0. The zero-order chi connectivity index (χ0) is 36.6. The molecule has 258 valence electrons. The highest BCUT2D eigenvalue weighted by molar-refractivity contribution is 6.10. The van der Waals surface area contributed by atoms with Gasteiger partial charge in [-0.15, -0.1) is 0 Å². The van der Waals surface area contributed by atoms with Gasteiger partial charge in [0.05, 0.1) is 17.4 Å². The molecular weight excluding hydrogens is 659 g/mol. The first-order valence-corrected chi connectivity index (χ1v) is 18.2. The van der Waals surface area contributed by atoms with Gasteiger partial charge in [0, 0.05) is 39.2 Å². The van der Waals surface area contributed by atoms with Crippen molar-refractivity contribution in [1.29, 1.82) is 0 Å². The second-order valence-electron chi connectivity index (χ2n) is 14.6. The molecule has 9 aromatic rings. The normalized spacial score (nSPS) is 11.6. The first-order chi connectivity index (χ1) is 26.4. The second-order valence-corrected chi connectivity index (χ2v) is 14.6. The van der Waals surface area contributed by atoms with Gasteiger partial charge in [0.15, 0.2) is 17.5 Å². The first kappa shape index (κ1) is 33.0. The van der Waals surface area contributed by atoms with E-state index in [9.17, 15) is 0 Å². The molecule has 0 aliphatic heterocycles. The van der Waals surface area contributed by atoms with Gasteiger partial charge in [0.2, 0.25) is 0 Å². The molecule has 0 N–H and O–H groups in total. The molecule has 0 fully saturated rings. The van der Waals surface area contributed by atoms with Crippen LogP contribution in [0.1, 0.15) is 26.3 Å². The van der Waals surface area contributed by atoms with E-state index in [-0.39, 0.29) is 5.41 Å². The van der Waals surface area contributed by atoms with Crippen molar-refractivity contribution in [1.82, 2.24) is 24.9 Å². The first-order valence-electron chi connectivity index (χ1n) is 18.2. The van der Waals surface area contributed by atoms with Crippen LogP contribution >= 0.6 is 0 Å². The monoisotopic (exact) mass is 695 g/mol. The lowest BCUT2D eigenvalue weighted by Crippen LogP contribution is -2.10. The average molecular weight is 696 g/mol. The molecule has 3 aromatic heterocycles. The van der Waals surface area contributed by atoms with Crippen LogP contribution in [0.4, 0.5) is 0 Å². The van der Waals surface area contributed by atoms with E-state index in [2.05, 4.69) is 117 Å².